The van der Waals surface area contributed by atoms with Gasteiger partial charge in [0, 0.05) is 6.38 Å². The van der Waals surface area contributed by atoms with Crippen LogP contribution in [0.1, 0.15) is 27.7 Å². The van der Waals surface area contributed by atoms with E-state index >= 15 is 0 Å². The monoisotopic (exact) mass is 188 g/mol. The van der Waals surface area contributed by atoms with Crippen LogP contribution in [-0.2, 0) is 0 Å². The molecule has 0 N–H and O–H groups in total. The molecular formula is C11H21Cl. The molecule has 1 heteroatoms. The van der Waals surface area contributed by atoms with Gasteiger partial charge in [-0.1, -0.05) is 50.3 Å². The lowest BCUT2D eigenvalue weighted by atomic mass is 10.2. The van der Waals surface area contributed by atoms with Gasteiger partial charge in [-0.2, -0.15) is 0 Å². The molecule has 0 aliphatic carbocycles. The minimum absolute atomic E-state index is 1.06. The van der Waals surface area contributed by atoms with Gasteiger partial charge < -0.3 is 0 Å². The Morgan fingerprint density at radius 2 is 1.08 bits per heavy atom. The van der Waals surface area contributed by atoms with Gasteiger partial charge >= 0.3 is 0 Å². The van der Waals surface area contributed by atoms with Gasteiger partial charge in [-0.05, 0) is 13.8 Å². The number of alkyl halides is 1. The Labute approximate surface area is 82.6 Å². The summed E-state index contributed by atoms with van der Waals surface area (Å²) in [6, 6.07) is 0. The number of hydrogen-bond donors (Lipinski definition) is 0. The molecule has 0 atom stereocenters. The largest absolute Gasteiger partial charge is 0.130 e. The number of halogens is 1. The van der Waals surface area contributed by atoms with Crippen LogP contribution in [0.2, 0.25) is 0 Å². The Morgan fingerprint density at radius 3 is 1.17 bits per heavy atom. The molecule has 0 bridgehead atoms. The highest BCUT2D eigenvalue weighted by Gasteiger charge is 1.72. The predicted octanol–water partition coefficient (Wildman–Crippen LogP) is 4.58. The Kier molecular flexibility index (Phi) is 24.7. The topological polar surface area (TPSA) is 0 Å². The SMILES string of the molecule is C=C(C)/C=C\C(=C)C.CC.CCl. The molecular weight excluding hydrogens is 168 g/mol. The first-order valence-electron chi connectivity index (χ1n) is 4.00. The highest BCUT2D eigenvalue weighted by Crippen LogP contribution is 1.94. The molecule has 0 aromatic heterocycles. The van der Waals surface area contributed by atoms with Gasteiger partial charge in [-0.15, -0.1) is 11.6 Å². The van der Waals surface area contributed by atoms with Crippen LogP contribution in [0, 0.1) is 0 Å². The highest BCUT2D eigenvalue weighted by atomic mass is 35.5. The van der Waals surface area contributed by atoms with E-state index in [1.807, 2.05) is 39.8 Å². The van der Waals surface area contributed by atoms with Gasteiger partial charge in [-0.3, -0.25) is 0 Å². The molecule has 0 aliphatic rings. The average Bonchev–Trinajstić information content (AvgIpc) is 2.08. The Hall–Kier alpha value is -0.490. The number of allylic oxidation sites excluding steroid dienone is 4. The van der Waals surface area contributed by atoms with Crippen molar-refractivity contribution in [1.29, 1.82) is 0 Å². The van der Waals surface area contributed by atoms with Crippen LogP contribution in [0.5, 0.6) is 0 Å². The molecule has 0 saturated heterocycles. The van der Waals surface area contributed by atoms with Crippen molar-refractivity contribution in [2.75, 3.05) is 6.38 Å². The fourth-order valence-corrected chi connectivity index (χ4v) is 0.285. The highest BCUT2D eigenvalue weighted by molar-refractivity contribution is 6.15. The molecule has 72 valence electrons. The second-order valence-corrected chi connectivity index (χ2v) is 2.03. The van der Waals surface area contributed by atoms with E-state index in [2.05, 4.69) is 24.8 Å². The van der Waals surface area contributed by atoms with E-state index in [1.54, 1.807) is 0 Å². The van der Waals surface area contributed by atoms with E-state index in [4.69, 9.17) is 0 Å². The smallest absolute Gasteiger partial charge is 0.0108 e. The first-order chi connectivity index (χ1) is 5.63. The average molecular weight is 189 g/mol. The zero-order valence-corrected chi connectivity index (χ0v) is 9.70. The van der Waals surface area contributed by atoms with Crippen LogP contribution < -0.4 is 0 Å². The molecule has 0 radical (unpaired) electrons. The Bertz CT molecular complexity index is 116. The van der Waals surface area contributed by atoms with Gasteiger partial charge in [0.05, 0.1) is 0 Å². The lowest BCUT2D eigenvalue weighted by molar-refractivity contribution is 1.50. The van der Waals surface area contributed by atoms with E-state index in [0.717, 1.165) is 11.1 Å². The van der Waals surface area contributed by atoms with Crippen molar-refractivity contribution in [2.24, 2.45) is 0 Å². The standard InChI is InChI=1S/C8H12.C2H6.CH3Cl/c1-7(2)5-6-8(3)4;2*1-2/h5-6H,1,3H2,2,4H3;1-2H3;1H3/b6-5-;;. The minimum Gasteiger partial charge on any atom is -0.130 e. The van der Waals surface area contributed by atoms with Crippen LogP contribution in [0.25, 0.3) is 0 Å². The van der Waals surface area contributed by atoms with Crippen LogP contribution in [0.3, 0.4) is 0 Å². The van der Waals surface area contributed by atoms with Crippen molar-refractivity contribution in [2.45, 2.75) is 27.7 Å². The molecule has 0 unspecified atom stereocenters. The van der Waals surface area contributed by atoms with Crippen LogP contribution >= 0.6 is 11.6 Å². The lowest BCUT2D eigenvalue weighted by Crippen LogP contribution is -1.62. The third kappa shape index (κ3) is 33.9. The summed E-state index contributed by atoms with van der Waals surface area (Å²) in [6.45, 7) is 15.3. The summed E-state index contributed by atoms with van der Waals surface area (Å²) >= 11 is 4.64. The molecule has 0 nitrogen and oxygen atoms in total. The van der Waals surface area contributed by atoms with E-state index in [1.165, 1.54) is 6.38 Å². The van der Waals surface area contributed by atoms with Crippen molar-refractivity contribution < 1.29 is 0 Å². The Balaban J connectivity index is -0.000000175. The first-order valence-corrected chi connectivity index (χ1v) is 4.75. The van der Waals surface area contributed by atoms with Crippen molar-refractivity contribution >= 4 is 11.6 Å². The summed E-state index contributed by atoms with van der Waals surface area (Å²) in [4.78, 5) is 0. The third-order valence-electron chi connectivity index (χ3n) is 0.652. The minimum atomic E-state index is 1.06. The zero-order valence-electron chi connectivity index (χ0n) is 8.95. The molecule has 0 aromatic rings. The summed E-state index contributed by atoms with van der Waals surface area (Å²) in [7, 11) is 0. The van der Waals surface area contributed by atoms with Gasteiger partial charge in [0.25, 0.3) is 0 Å². The normalized spacial score (nSPS) is 7.50. The maximum atomic E-state index is 4.64. The molecule has 0 rings (SSSR count). The van der Waals surface area contributed by atoms with E-state index in [0.29, 0.717) is 0 Å². The fourth-order valence-electron chi connectivity index (χ4n) is 0.285. The van der Waals surface area contributed by atoms with Crippen LogP contribution in [-0.4, -0.2) is 6.38 Å². The maximum absolute atomic E-state index is 4.64. The van der Waals surface area contributed by atoms with Gasteiger partial charge in [-0.25, -0.2) is 0 Å². The zero-order chi connectivity index (χ0) is 10.6. The second-order valence-electron chi connectivity index (χ2n) is 2.03. The molecule has 12 heavy (non-hydrogen) atoms. The quantitative estimate of drug-likeness (QED) is 0.440. The lowest BCUT2D eigenvalue weighted by Gasteiger charge is -1.84. The summed E-state index contributed by atoms with van der Waals surface area (Å²) in [5, 5.41) is 0. The molecule has 0 aliphatic heterocycles. The predicted molar refractivity (Wildman–Crippen MR) is 61.9 cm³/mol. The molecule has 0 aromatic carbocycles. The summed E-state index contributed by atoms with van der Waals surface area (Å²) in [5.74, 6) is 0. The van der Waals surface area contributed by atoms with Crippen LogP contribution in [0.4, 0.5) is 0 Å². The van der Waals surface area contributed by atoms with Gasteiger partial charge in [0.2, 0.25) is 0 Å². The summed E-state index contributed by atoms with van der Waals surface area (Å²) in [6.07, 6.45) is 5.37. The maximum Gasteiger partial charge on any atom is 0.0108 e. The molecule has 0 spiro atoms. The van der Waals surface area contributed by atoms with Crippen molar-refractivity contribution in [1.82, 2.24) is 0 Å². The molecule has 0 saturated carbocycles. The summed E-state index contributed by atoms with van der Waals surface area (Å²) in [5.41, 5.74) is 2.13. The Morgan fingerprint density at radius 1 is 0.917 bits per heavy atom. The molecule has 0 fully saturated rings. The third-order valence-corrected chi connectivity index (χ3v) is 0.652. The first kappa shape index (κ1) is 17.6. The van der Waals surface area contributed by atoms with Gasteiger partial charge in [0.1, 0.15) is 0 Å². The van der Waals surface area contributed by atoms with Crippen molar-refractivity contribution in [3.05, 3.63) is 36.5 Å². The number of hydrogen-bond acceptors (Lipinski definition) is 0. The molecule has 0 amide bonds. The van der Waals surface area contributed by atoms with Gasteiger partial charge in [0.15, 0.2) is 0 Å². The van der Waals surface area contributed by atoms with Crippen molar-refractivity contribution in [3.8, 4) is 0 Å². The number of rotatable bonds is 2. The van der Waals surface area contributed by atoms with Crippen molar-refractivity contribution in [3.63, 3.8) is 0 Å². The molecule has 0 heterocycles. The van der Waals surface area contributed by atoms with E-state index in [-0.39, 0.29) is 0 Å². The second kappa shape index (κ2) is 16.9. The van der Waals surface area contributed by atoms with Crippen LogP contribution in [0.15, 0.2) is 36.5 Å². The van der Waals surface area contributed by atoms with E-state index in [9.17, 15) is 0 Å². The van der Waals surface area contributed by atoms with E-state index < -0.39 is 0 Å². The summed E-state index contributed by atoms with van der Waals surface area (Å²) < 4.78 is 0. The fraction of sp³-hybridized carbons (Fsp3) is 0.455.